The molecule has 6 nitrogen and oxygen atoms in total. The normalized spacial score (nSPS) is 12.7. The molecule has 0 aliphatic heterocycles. The van der Waals surface area contributed by atoms with Gasteiger partial charge in [0.05, 0.1) is 10.5 Å². The maximum atomic E-state index is 14.0. The van der Waals surface area contributed by atoms with E-state index in [9.17, 15) is 22.4 Å². The van der Waals surface area contributed by atoms with E-state index in [0.29, 0.717) is 5.02 Å². The summed E-state index contributed by atoms with van der Waals surface area (Å²) in [6, 6.07) is 8.76. The van der Waals surface area contributed by atoms with Crippen molar-refractivity contribution in [3.05, 3.63) is 64.4 Å². The molecule has 0 aromatic heterocycles. The van der Waals surface area contributed by atoms with Crippen LogP contribution in [0.3, 0.4) is 0 Å². The van der Waals surface area contributed by atoms with Crippen molar-refractivity contribution < 1.29 is 27.1 Å². The van der Waals surface area contributed by atoms with Crippen molar-refractivity contribution in [2.24, 2.45) is 0 Å². The number of carbonyl (C=O) groups excluding carboxylic acids is 2. The molecule has 27 heavy (non-hydrogen) atoms. The highest BCUT2D eigenvalue weighted by atomic mass is 35.5. The molecule has 2 aromatic rings. The lowest BCUT2D eigenvalue weighted by atomic mass is 10.1. The van der Waals surface area contributed by atoms with Gasteiger partial charge in [0.1, 0.15) is 5.82 Å². The summed E-state index contributed by atoms with van der Waals surface area (Å²) in [6.07, 6.45) is -1.20. The number of ketones is 1. The minimum absolute atomic E-state index is 0.266. The Labute approximate surface area is 161 Å². The van der Waals surface area contributed by atoms with E-state index in [2.05, 4.69) is 0 Å². The predicted molar refractivity (Wildman–Crippen MR) is 97.9 cm³/mol. The molecule has 0 unspecified atom stereocenters. The van der Waals surface area contributed by atoms with E-state index in [0.717, 1.165) is 22.5 Å². The molecule has 0 saturated heterocycles. The summed E-state index contributed by atoms with van der Waals surface area (Å²) in [7, 11) is -1.24. The molecule has 0 radical (unpaired) electrons. The first-order chi connectivity index (χ1) is 12.5. The van der Waals surface area contributed by atoms with Gasteiger partial charge in [-0.2, -0.15) is 0 Å². The average molecular weight is 414 g/mol. The van der Waals surface area contributed by atoms with Gasteiger partial charge in [0.15, 0.2) is 6.10 Å². The number of sulfonamides is 1. The Hall–Kier alpha value is -2.29. The number of halogens is 2. The standard InChI is InChI=1S/C18H17ClFNO5S/c1-11(17(22)12-4-6-13(19)7-5-12)26-18(23)15-10-14(8-9-16(15)20)27(24,25)21(2)3/h4-11H,1-3H3/t11-/m0/s1. The maximum absolute atomic E-state index is 14.0. The first kappa shape index (κ1) is 21.0. The van der Waals surface area contributed by atoms with Crippen LogP contribution < -0.4 is 0 Å². The zero-order chi connectivity index (χ0) is 20.4. The smallest absolute Gasteiger partial charge is 0.341 e. The van der Waals surface area contributed by atoms with Crippen LogP contribution in [-0.2, 0) is 14.8 Å². The quantitative estimate of drug-likeness (QED) is 0.536. The number of Topliss-reactive ketones (excluding diaryl/α,β-unsaturated/α-hetero) is 1. The fraction of sp³-hybridized carbons (Fsp3) is 0.222. The predicted octanol–water partition coefficient (Wildman–Crippen LogP) is 3.16. The van der Waals surface area contributed by atoms with Crippen LogP contribution in [0.2, 0.25) is 5.02 Å². The molecule has 0 saturated carbocycles. The largest absolute Gasteiger partial charge is 0.451 e. The maximum Gasteiger partial charge on any atom is 0.341 e. The Morgan fingerprint density at radius 2 is 1.70 bits per heavy atom. The second-order valence-electron chi connectivity index (χ2n) is 5.85. The van der Waals surface area contributed by atoms with Crippen LogP contribution in [0.15, 0.2) is 47.4 Å². The van der Waals surface area contributed by atoms with Gasteiger partial charge in [-0.05, 0) is 49.4 Å². The van der Waals surface area contributed by atoms with E-state index in [-0.39, 0.29) is 10.5 Å². The van der Waals surface area contributed by atoms with E-state index in [1.807, 2.05) is 0 Å². The van der Waals surface area contributed by atoms with E-state index in [4.69, 9.17) is 16.3 Å². The first-order valence-electron chi connectivity index (χ1n) is 7.77. The van der Waals surface area contributed by atoms with Crippen LogP contribution in [0.4, 0.5) is 4.39 Å². The van der Waals surface area contributed by atoms with Gasteiger partial charge < -0.3 is 4.74 Å². The molecule has 9 heteroatoms. The first-order valence-corrected chi connectivity index (χ1v) is 9.58. The van der Waals surface area contributed by atoms with Crippen LogP contribution in [0.1, 0.15) is 27.6 Å². The summed E-state index contributed by atoms with van der Waals surface area (Å²) in [5, 5.41) is 0.442. The SMILES string of the molecule is C[C@H](OC(=O)c1cc(S(=O)(=O)N(C)C)ccc1F)C(=O)c1ccc(Cl)cc1. The third-order valence-corrected chi connectivity index (χ3v) is 5.78. The van der Waals surface area contributed by atoms with Gasteiger partial charge in [-0.25, -0.2) is 21.9 Å². The number of ether oxygens (including phenoxy) is 1. The third kappa shape index (κ3) is 4.71. The van der Waals surface area contributed by atoms with E-state index in [1.54, 1.807) is 0 Å². The van der Waals surface area contributed by atoms with Crippen LogP contribution >= 0.6 is 11.6 Å². The van der Waals surface area contributed by atoms with E-state index in [1.165, 1.54) is 45.3 Å². The van der Waals surface area contributed by atoms with Crippen molar-refractivity contribution >= 4 is 33.4 Å². The van der Waals surface area contributed by atoms with Gasteiger partial charge in [0, 0.05) is 24.7 Å². The number of hydrogen-bond donors (Lipinski definition) is 0. The van der Waals surface area contributed by atoms with Crippen molar-refractivity contribution in [2.75, 3.05) is 14.1 Å². The molecule has 0 heterocycles. The summed E-state index contributed by atoms with van der Waals surface area (Å²) in [6.45, 7) is 1.34. The third-order valence-electron chi connectivity index (χ3n) is 3.72. The molecular weight excluding hydrogens is 397 g/mol. The molecule has 2 rings (SSSR count). The van der Waals surface area contributed by atoms with E-state index >= 15 is 0 Å². The van der Waals surface area contributed by atoms with Gasteiger partial charge in [0.2, 0.25) is 15.8 Å². The lowest BCUT2D eigenvalue weighted by Gasteiger charge is -2.15. The Kier molecular flexibility index (Phi) is 6.35. The van der Waals surface area contributed by atoms with Gasteiger partial charge in [0.25, 0.3) is 0 Å². The molecular formula is C18H17ClFNO5S. The molecule has 0 aliphatic rings. The highest BCUT2D eigenvalue weighted by Crippen LogP contribution is 2.20. The molecule has 0 aliphatic carbocycles. The molecule has 0 spiro atoms. The Bertz CT molecular complexity index is 974. The average Bonchev–Trinajstić information content (AvgIpc) is 2.61. The topological polar surface area (TPSA) is 80.8 Å². The van der Waals surface area contributed by atoms with Gasteiger partial charge >= 0.3 is 5.97 Å². The number of benzene rings is 2. The highest BCUT2D eigenvalue weighted by Gasteiger charge is 2.25. The highest BCUT2D eigenvalue weighted by molar-refractivity contribution is 7.89. The summed E-state index contributed by atoms with van der Waals surface area (Å²) in [5.74, 6) is -2.60. The minimum Gasteiger partial charge on any atom is -0.451 e. The molecule has 2 aromatic carbocycles. The number of rotatable bonds is 6. The van der Waals surface area contributed by atoms with Gasteiger partial charge in [-0.15, -0.1) is 0 Å². The Morgan fingerprint density at radius 1 is 1.11 bits per heavy atom. The second-order valence-corrected chi connectivity index (χ2v) is 8.44. The monoisotopic (exact) mass is 413 g/mol. The molecule has 0 fully saturated rings. The van der Waals surface area contributed by atoms with Crippen LogP contribution in [0, 0.1) is 5.82 Å². The van der Waals surface area contributed by atoms with Crippen LogP contribution in [0.5, 0.6) is 0 Å². The zero-order valence-electron chi connectivity index (χ0n) is 14.8. The molecule has 144 valence electrons. The lowest BCUT2D eigenvalue weighted by molar-refractivity contribution is 0.0314. The number of nitrogens with zero attached hydrogens (tertiary/aromatic N) is 1. The summed E-state index contributed by atoms with van der Waals surface area (Å²) in [5.41, 5.74) is -0.308. The summed E-state index contributed by atoms with van der Waals surface area (Å²) >= 11 is 5.76. The lowest BCUT2D eigenvalue weighted by Crippen LogP contribution is -2.26. The number of esters is 1. The fourth-order valence-corrected chi connectivity index (χ4v) is 3.21. The number of hydrogen-bond acceptors (Lipinski definition) is 5. The Balaban J connectivity index is 2.25. The van der Waals surface area contributed by atoms with Crippen molar-refractivity contribution in [2.45, 2.75) is 17.9 Å². The van der Waals surface area contributed by atoms with Crippen molar-refractivity contribution in [3.8, 4) is 0 Å². The molecule has 0 N–H and O–H groups in total. The number of carbonyl (C=O) groups is 2. The minimum atomic E-state index is -3.86. The second kappa shape index (κ2) is 8.16. The van der Waals surface area contributed by atoms with Crippen molar-refractivity contribution in [3.63, 3.8) is 0 Å². The Morgan fingerprint density at radius 3 is 2.26 bits per heavy atom. The molecule has 0 bridgehead atoms. The van der Waals surface area contributed by atoms with Gasteiger partial charge in [-0.3, -0.25) is 4.79 Å². The van der Waals surface area contributed by atoms with Crippen LogP contribution in [0.25, 0.3) is 0 Å². The summed E-state index contributed by atoms with van der Waals surface area (Å²) < 4.78 is 44.3. The molecule has 0 amide bonds. The van der Waals surface area contributed by atoms with Gasteiger partial charge in [-0.1, -0.05) is 11.6 Å². The summed E-state index contributed by atoms with van der Waals surface area (Å²) in [4.78, 5) is 24.3. The van der Waals surface area contributed by atoms with Crippen LogP contribution in [-0.4, -0.2) is 44.7 Å². The fourth-order valence-electron chi connectivity index (χ4n) is 2.16. The van der Waals surface area contributed by atoms with Crippen molar-refractivity contribution in [1.29, 1.82) is 0 Å². The van der Waals surface area contributed by atoms with E-state index < -0.39 is 39.3 Å². The zero-order valence-corrected chi connectivity index (χ0v) is 16.3. The molecule has 1 atom stereocenters. The van der Waals surface area contributed by atoms with Crippen molar-refractivity contribution in [1.82, 2.24) is 4.31 Å².